The lowest BCUT2D eigenvalue weighted by Gasteiger charge is -2.08. The molecule has 0 spiro atoms. The Morgan fingerprint density at radius 3 is 2.17 bits per heavy atom. The lowest BCUT2D eigenvalue weighted by molar-refractivity contribution is 0.444. The molecule has 0 atom stereocenters. The van der Waals surface area contributed by atoms with E-state index in [0.717, 1.165) is 11.4 Å². The Hall–Kier alpha value is -2.55. The van der Waals surface area contributed by atoms with Crippen LogP contribution in [-0.4, -0.2) is 9.78 Å². The fourth-order valence-electron chi connectivity index (χ4n) is 1.74. The fraction of sp³-hybridized carbons (Fsp3) is 0. The highest BCUT2D eigenvalue weighted by atomic mass is 16.5. The van der Waals surface area contributed by atoms with Gasteiger partial charge in [-0.1, -0.05) is 36.4 Å². The summed E-state index contributed by atoms with van der Waals surface area (Å²) in [5, 5.41) is 4.27. The standard InChI is InChI=1S/C15H12N2O/c1-3-7-13(8-4-1)17-15(11-12-16-17)18-14-9-5-2-6-10-14/h1-12H. The minimum Gasteiger partial charge on any atom is -0.439 e. The average molecular weight is 236 g/mol. The van der Waals surface area contributed by atoms with Crippen molar-refractivity contribution in [2.45, 2.75) is 0 Å². The molecule has 3 aromatic rings. The van der Waals surface area contributed by atoms with Crippen molar-refractivity contribution in [3.63, 3.8) is 0 Å². The van der Waals surface area contributed by atoms with Crippen LogP contribution in [0.1, 0.15) is 0 Å². The number of hydrogen-bond donors (Lipinski definition) is 0. The van der Waals surface area contributed by atoms with Gasteiger partial charge in [-0.2, -0.15) is 5.10 Å². The maximum absolute atomic E-state index is 5.80. The predicted octanol–water partition coefficient (Wildman–Crippen LogP) is 3.66. The number of aromatic nitrogens is 2. The summed E-state index contributed by atoms with van der Waals surface area (Å²) < 4.78 is 7.58. The second kappa shape index (κ2) is 4.75. The molecule has 1 heterocycles. The van der Waals surface area contributed by atoms with Gasteiger partial charge in [0.2, 0.25) is 5.88 Å². The number of benzene rings is 2. The van der Waals surface area contributed by atoms with Crippen molar-refractivity contribution in [1.29, 1.82) is 0 Å². The lowest BCUT2D eigenvalue weighted by Crippen LogP contribution is -1.98. The van der Waals surface area contributed by atoms with Gasteiger partial charge in [0, 0.05) is 6.07 Å². The van der Waals surface area contributed by atoms with Gasteiger partial charge in [-0.15, -0.1) is 0 Å². The summed E-state index contributed by atoms with van der Waals surface area (Å²) in [6.07, 6.45) is 1.73. The molecule has 0 radical (unpaired) electrons. The van der Waals surface area contributed by atoms with E-state index in [4.69, 9.17) is 4.74 Å². The molecule has 0 aliphatic heterocycles. The molecule has 0 unspecified atom stereocenters. The molecule has 3 heteroatoms. The van der Waals surface area contributed by atoms with E-state index in [0.29, 0.717) is 5.88 Å². The summed E-state index contributed by atoms with van der Waals surface area (Å²) in [5.74, 6) is 1.50. The minimum absolute atomic E-state index is 0.701. The summed E-state index contributed by atoms with van der Waals surface area (Å²) in [5.41, 5.74) is 0.980. The number of hydrogen-bond acceptors (Lipinski definition) is 2. The first-order valence-corrected chi connectivity index (χ1v) is 5.76. The van der Waals surface area contributed by atoms with Crippen LogP contribution in [0.2, 0.25) is 0 Å². The van der Waals surface area contributed by atoms with Crippen LogP contribution >= 0.6 is 0 Å². The van der Waals surface area contributed by atoms with E-state index in [-0.39, 0.29) is 0 Å². The summed E-state index contributed by atoms with van der Waals surface area (Å²) in [4.78, 5) is 0. The minimum atomic E-state index is 0.701. The van der Waals surface area contributed by atoms with Crippen molar-refractivity contribution in [2.75, 3.05) is 0 Å². The van der Waals surface area contributed by atoms with Gasteiger partial charge in [-0.3, -0.25) is 0 Å². The van der Waals surface area contributed by atoms with Crippen molar-refractivity contribution < 1.29 is 4.74 Å². The van der Waals surface area contributed by atoms with E-state index < -0.39 is 0 Å². The van der Waals surface area contributed by atoms with Gasteiger partial charge in [0.15, 0.2) is 0 Å². The van der Waals surface area contributed by atoms with Crippen molar-refractivity contribution >= 4 is 0 Å². The molecule has 88 valence electrons. The van der Waals surface area contributed by atoms with Gasteiger partial charge in [-0.25, -0.2) is 4.68 Å². The maximum Gasteiger partial charge on any atom is 0.222 e. The fourth-order valence-corrected chi connectivity index (χ4v) is 1.74. The molecular weight excluding hydrogens is 224 g/mol. The number of para-hydroxylation sites is 2. The van der Waals surface area contributed by atoms with E-state index in [1.165, 1.54) is 0 Å². The molecule has 0 saturated heterocycles. The molecule has 0 aliphatic carbocycles. The highest BCUT2D eigenvalue weighted by molar-refractivity contribution is 5.36. The van der Waals surface area contributed by atoms with Gasteiger partial charge in [-0.05, 0) is 24.3 Å². The van der Waals surface area contributed by atoms with Crippen LogP contribution in [0.3, 0.4) is 0 Å². The van der Waals surface area contributed by atoms with Crippen LogP contribution in [0.4, 0.5) is 0 Å². The topological polar surface area (TPSA) is 27.1 Å². The molecule has 0 N–H and O–H groups in total. The SMILES string of the molecule is c1ccc(Oc2ccnn2-c2ccccc2)cc1. The van der Waals surface area contributed by atoms with E-state index in [1.54, 1.807) is 10.9 Å². The Labute approximate surface area is 105 Å². The first-order valence-electron chi connectivity index (χ1n) is 5.76. The quantitative estimate of drug-likeness (QED) is 0.693. The van der Waals surface area contributed by atoms with Crippen LogP contribution in [0.15, 0.2) is 72.9 Å². The Morgan fingerprint density at radius 1 is 0.778 bits per heavy atom. The third kappa shape index (κ3) is 2.11. The van der Waals surface area contributed by atoms with Crippen molar-refractivity contribution in [1.82, 2.24) is 9.78 Å². The van der Waals surface area contributed by atoms with Gasteiger partial charge in [0.25, 0.3) is 0 Å². The zero-order chi connectivity index (χ0) is 12.2. The zero-order valence-corrected chi connectivity index (χ0v) is 9.73. The van der Waals surface area contributed by atoms with Crippen LogP contribution in [0.5, 0.6) is 11.6 Å². The molecule has 3 rings (SSSR count). The van der Waals surface area contributed by atoms with Gasteiger partial charge in [0.1, 0.15) is 5.75 Å². The maximum atomic E-state index is 5.80. The zero-order valence-electron chi connectivity index (χ0n) is 9.73. The first-order chi connectivity index (χ1) is 8.93. The van der Waals surface area contributed by atoms with Crippen LogP contribution in [0, 0.1) is 0 Å². The molecule has 18 heavy (non-hydrogen) atoms. The lowest BCUT2D eigenvalue weighted by atomic mass is 10.3. The third-order valence-electron chi connectivity index (χ3n) is 2.57. The van der Waals surface area contributed by atoms with Crippen LogP contribution in [-0.2, 0) is 0 Å². The third-order valence-corrected chi connectivity index (χ3v) is 2.57. The summed E-state index contributed by atoms with van der Waals surface area (Å²) >= 11 is 0. The molecule has 0 amide bonds. The Balaban J connectivity index is 1.93. The van der Waals surface area contributed by atoms with Crippen molar-refractivity contribution in [3.05, 3.63) is 72.9 Å². The van der Waals surface area contributed by atoms with Crippen LogP contribution < -0.4 is 4.74 Å². The normalized spacial score (nSPS) is 10.2. The second-order valence-electron chi connectivity index (χ2n) is 3.83. The average Bonchev–Trinajstić information content (AvgIpc) is 2.89. The van der Waals surface area contributed by atoms with E-state index in [1.807, 2.05) is 66.7 Å². The van der Waals surface area contributed by atoms with Crippen LogP contribution in [0.25, 0.3) is 5.69 Å². The van der Waals surface area contributed by atoms with E-state index >= 15 is 0 Å². The molecule has 0 aliphatic rings. The Bertz CT molecular complexity index is 617. The molecule has 1 aromatic heterocycles. The monoisotopic (exact) mass is 236 g/mol. The largest absolute Gasteiger partial charge is 0.439 e. The predicted molar refractivity (Wildman–Crippen MR) is 70.1 cm³/mol. The van der Waals surface area contributed by atoms with E-state index in [2.05, 4.69) is 5.10 Å². The summed E-state index contributed by atoms with van der Waals surface area (Å²) in [6, 6.07) is 21.4. The number of rotatable bonds is 3. The summed E-state index contributed by atoms with van der Waals surface area (Å²) in [7, 11) is 0. The van der Waals surface area contributed by atoms with Crippen molar-refractivity contribution in [2.24, 2.45) is 0 Å². The highest BCUT2D eigenvalue weighted by Gasteiger charge is 2.06. The second-order valence-corrected chi connectivity index (χ2v) is 3.83. The summed E-state index contributed by atoms with van der Waals surface area (Å²) in [6.45, 7) is 0. The molecular formula is C15H12N2O. The molecule has 2 aromatic carbocycles. The van der Waals surface area contributed by atoms with Gasteiger partial charge in [0.05, 0.1) is 11.9 Å². The smallest absolute Gasteiger partial charge is 0.222 e. The van der Waals surface area contributed by atoms with Crippen molar-refractivity contribution in [3.8, 4) is 17.3 Å². The Morgan fingerprint density at radius 2 is 1.44 bits per heavy atom. The molecule has 0 bridgehead atoms. The van der Waals surface area contributed by atoms with E-state index in [9.17, 15) is 0 Å². The molecule has 3 nitrogen and oxygen atoms in total. The number of nitrogens with zero attached hydrogens (tertiary/aromatic N) is 2. The molecule has 0 fully saturated rings. The highest BCUT2D eigenvalue weighted by Crippen LogP contribution is 2.23. The van der Waals surface area contributed by atoms with Gasteiger partial charge >= 0.3 is 0 Å². The first kappa shape index (κ1) is 10.6. The number of ether oxygens (including phenoxy) is 1. The van der Waals surface area contributed by atoms with Gasteiger partial charge < -0.3 is 4.74 Å². The molecule has 0 saturated carbocycles. The Kier molecular flexibility index (Phi) is 2.80.